The zero-order valence-electron chi connectivity index (χ0n) is 9.72. The van der Waals surface area contributed by atoms with Crippen LogP contribution in [0.3, 0.4) is 0 Å². The van der Waals surface area contributed by atoms with E-state index in [0.29, 0.717) is 13.1 Å². The smallest absolute Gasteiger partial charge is 0.180 e. The van der Waals surface area contributed by atoms with Crippen molar-refractivity contribution in [2.45, 2.75) is 6.92 Å². The van der Waals surface area contributed by atoms with E-state index in [0.717, 1.165) is 22.7 Å². The lowest BCUT2D eigenvalue weighted by Crippen LogP contribution is -2.13. The molecule has 0 aliphatic carbocycles. The molecule has 17 heavy (non-hydrogen) atoms. The number of benzene rings is 1. The van der Waals surface area contributed by atoms with Crippen molar-refractivity contribution < 1.29 is 0 Å². The number of nitrogens with two attached hydrogens (primary N) is 1. The van der Waals surface area contributed by atoms with E-state index in [9.17, 15) is 0 Å². The minimum absolute atomic E-state index is 0.537. The number of likely N-dealkylation sites (tertiary alicyclic amines) is 1. The highest BCUT2D eigenvalue weighted by molar-refractivity contribution is 6.06. The van der Waals surface area contributed by atoms with Crippen LogP contribution >= 0.6 is 0 Å². The summed E-state index contributed by atoms with van der Waals surface area (Å²) in [4.78, 5) is 6.19. The topological polar surface area (TPSA) is 65.4 Å². The summed E-state index contributed by atoms with van der Waals surface area (Å²) in [6, 6.07) is 9.70. The molecule has 0 amide bonds. The number of allylic oxidation sites excluding steroid dienone is 1. The lowest BCUT2D eigenvalue weighted by atomic mass is 10.1. The van der Waals surface area contributed by atoms with Crippen LogP contribution in [0.4, 0.5) is 5.69 Å². The highest BCUT2D eigenvalue weighted by atomic mass is 15.2. The number of nitrogens with zero attached hydrogens (tertiary/aromatic N) is 3. The molecule has 0 spiro atoms. The van der Waals surface area contributed by atoms with Crippen molar-refractivity contribution in [2.75, 3.05) is 13.1 Å². The standard InChI is InChI=1S/C13H14N4/c1-10(15)12-7-17(9-14)8-13(12)16-11-5-3-2-4-6-11/h2-6H,7-8,15H2,1H3. The zero-order valence-corrected chi connectivity index (χ0v) is 9.72. The number of hydrogen-bond acceptors (Lipinski definition) is 4. The molecule has 2 N–H and O–H groups in total. The van der Waals surface area contributed by atoms with Gasteiger partial charge in [-0.15, -0.1) is 0 Å². The van der Waals surface area contributed by atoms with Gasteiger partial charge >= 0.3 is 0 Å². The summed E-state index contributed by atoms with van der Waals surface area (Å²) in [6.45, 7) is 2.94. The Labute approximate surface area is 101 Å². The maximum Gasteiger partial charge on any atom is 0.180 e. The molecule has 0 atom stereocenters. The van der Waals surface area contributed by atoms with Crippen molar-refractivity contribution in [3.05, 3.63) is 41.6 Å². The van der Waals surface area contributed by atoms with E-state index in [4.69, 9.17) is 11.0 Å². The van der Waals surface area contributed by atoms with Crippen LogP contribution in [0.2, 0.25) is 0 Å². The normalized spacial score (nSPS) is 20.5. The number of rotatable bonds is 1. The molecule has 1 aromatic carbocycles. The van der Waals surface area contributed by atoms with Crippen LogP contribution in [-0.4, -0.2) is 23.7 Å². The molecule has 1 aromatic rings. The van der Waals surface area contributed by atoms with Gasteiger partial charge < -0.3 is 10.6 Å². The predicted octanol–water partition coefficient (Wildman–Crippen LogP) is 1.79. The second kappa shape index (κ2) is 4.71. The van der Waals surface area contributed by atoms with Gasteiger partial charge in [0, 0.05) is 11.3 Å². The van der Waals surface area contributed by atoms with E-state index < -0.39 is 0 Å². The molecule has 1 saturated heterocycles. The van der Waals surface area contributed by atoms with Gasteiger partial charge in [-0.2, -0.15) is 5.26 Å². The highest BCUT2D eigenvalue weighted by Crippen LogP contribution is 2.19. The first-order valence-corrected chi connectivity index (χ1v) is 5.43. The van der Waals surface area contributed by atoms with E-state index >= 15 is 0 Å². The first-order valence-electron chi connectivity index (χ1n) is 5.43. The molecule has 4 heteroatoms. The van der Waals surface area contributed by atoms with Gasteiger partial charge in [-0.05, 0) is 19.1 Å². The maximum absolute atomic E-state index is 8.91. The quantitative estimate of drug-likeness (QED) is 0.742. The summed E-state index contributed by atoms with van der Waals surface area (Å²) in [5.74, 6) is 0. The van der Waals surface area contributed by atoms with Gasteiger partial charge in [0.2, 0.25) is 0 Å². The highest BCUT2D eigenvalue weighted by Gasteiger charge is 2.23. The SMILES string of the molecule is CC(N)=C1CN(C#N)CC1=Nc1ccccc1. The van der Waals surface area contributed by atoms with Gasteiger partial charge in [-0.3, -0.25) is 4.99 Å². The predicted molar refractivity (Wildman–Crippen MR) is 67.6 cm³/mol. The van der Waals surface area contributed by atoms with Crippen LogP contribution in [0.15, 0.2) is 46.6 Å². The van der Waals surface area contributed by atoms with Gasteiger partial charge in [0.15, 0.2) is 6.19 Å². The fourth-order valence-electron chi connectivity index (χ4n) is 1.80. The van der Waals surface area contributed by atoms with E-state index in [1.54, 1.807) is 4.90 Å². The Morgan fingerprint density at radius 3 is 2.65 bits per heavy atom. The van der Waals surface area contributed by atoms with E-state index in [1.807, 2.05) is 37.3 Å². The van der Waals surface area contributed by atoms with Crippen molar-refractivity contribution in [2.24, 2.45) is 10.7 Å². The third-order valence-corrected chi connectivity index (χ3v) is 2.68. The second-order valence-electron chi connectivity index (χ2n) is 4.01. The van der Waals surface area contributed by atoms with Crippen molar-refractivity contribution in [3.8, 4) is 6.19 Å². The minimum atomic E-state index is 0.537. The summed E-state index contributed by atoms with van der Waals surface area (Å²) in [5, 5.41) is 8.91. The first-order chi connectivity index (χ1) is 8.20. The van der Waals surface area contributed by atoms with Gasteiger partial charge in [0.25, 0.3) is 0 Å². The third-order valence-electron chi connectivity index (χ3n) is 2.68. The summed E-state index contributed by atoms with van der Waals surface area (Å²) >= 11 is 0. The van der Waals surface area contributed by atoms with Crippen LogP contribution in [0.1, 0.15) is 6.92 Å². The number of hydrogen-bond donors (Lipinski definition) is 1. The Kier molecular flexibility index (Phi) is 3.10. The van der Waals surface area contributed by atoms with Gasteiger partial charge in [0.05, 0.1) is 24.5 Å². The summed E-state index contributed by atoms with van der Waals surface area (Å²) < 4.78 is 0. The number of nitriles is 1. The van der Waals surface area contributed by atoms with Crippen LogP contribution in [-0.2, 0) is 0 Å². The van der Waals surface area contributed by atoms with Crippen LogP contribution in [0.5, 0.6) is 0 Å². The van der Waals surface area contributed by atoms with E-state index in [2.05, 4.69) is 11.2 Å². The lowest BCUT2D eigenvalue weighted by Gasteiger charge is -2.01. The average Bonchev–Trinajstić information content (AvgIpc) is 2.74. The minimum Gasteiger partial charge on any atom is -0.402 e. The average molecular weight is 226 g/mol. The monoisotopic (exact) mass is 226 g/mol. The molecule has 4 nitrogen and oxygen atoms in total. The Balaban J connectivity index is 2.35. The second-order valence-corrected chi connectivity index (χ2v) is 4.01. The Morgan fingerprint density at radius 2 is 2.06 bits per heavy atom. The Hall–Kier alpha value is -2.28. The van der Waals surface area contributed by atoms with Gasteiger partial charge in [-0.25, -0.2) is 0 Å². The molecule has 0 saturated carbocycles. The largest absolute Gasteiger partial charge is 0.402 e. The Morgan fingerprint density at radius 1 is 1.35 bits per heavy atom. The van der Waals surface area contributed by atoms with Crippen molar-refractivity contribution >= 4 is 11.4 Å². The Bertz CT molecular complexity index is 504. The van der Waals surface area contributed by atoms with Crippen LogP contribution in [0, 0.1) is 11.5 Å². The molecule has 2 rings (SSSR count). The molecular formula is C13H14N4. The fraction of sp³-hybridized carbons (Fsp3) is 0.231. The summed E-state index contributed by atoms with van der Waals surface area (Å²) in [6.07, 6.45) is 2.13. The molecule has 0 bridgehead atoms. The van der Waals surface area contributed by atoms with E-state index in [-0.39, 0.29) is 0 Å². The van der Waals surface area contributed by atoms with Crippen molar-refractivity contribution in [1.29, 1.82) is 5.26 Å². The van der Waals surface area contributed by atoms with Crippen molar-refractivity contribution in [1.82, 2.24) is 4.90 Å². The molecule has 1 heterocycles. The maximum atomic E-state index is 8.91. The lowest BCUT2D eigenvalue weighted by molar-refractivity contribution is 0.516. The number of para-hydroxylation sites is 1. The summed E-state index contributed by atoms with van der Waals surface area (Å²) in [5.41, 5.74) is 9.30. The van der Waals surface area contributed by atoms with Crippen LogP contribution in [0.25, 0.3) is 0 Å². The molecule has 0 aromatic heterocycles. The zero-order chi connectivity index (χ0) is 12.3. The molecule has 0 unspecified atom stereocenters. The van der Waals surface area contributed by atoms with Crippen molar-refractivity contribution in [3.63, 3.8) is 0 Å². The molecule has 0 radical (unpaired) electrons. The summed E-state index contributed by atoms with van der Waals surface area (Å²) in [7, 11) is 0. The number of aliphatic imine (C=N–C) groups is 1. The molecular weight excluding hydrogens is 212 g/mol. The molecule has 1 fully saturated rings. The first kappa shape index (κ1) is 11.2. The third kappa shape index (κ3) is 2.45. The van der Waals surface area contributed by atoms with Gasteiger partial charge in [-0.1, -0.05) is 18.2 Å². The van der Waals surface area contributed by atoms with Gasteiger partial charge in [0.1, 0.15) is 0 Å². The van der Waals surface area contributed by atoms with Crippen LogP contribution < -0.4 is 5.73 Å². The molecule has 1 aliphatic heterocycles. The fourth-order valence-corrected chi connectivity index (χ4v) is 1.80. The van der Waals surface area contributed by atoms with E-state index in [1.165, 1.54) is 0 Å². The molecule has 86 valence electrons. The molecule has 1 aliphatic rings.